The number of benzene rings is 2. The molecule has 1 atom stereocenters. The van der Waals surface area contributed by atoms with Gasteiger partial charge in [-0.3, -0.25) is 0 Å². The molecule has 0 aliphatic rings. The van der Waals surface area contributed by atoms with Gasteiger partial charge in [0.2, 0.25) is 0 Å². The van der Waals surface area contributed by atoms with E-state index in [0.29, 0.717) is 0 Å². The van der Waals surface area contributed by atoms with Crippen LogP contribution < -0.4 is 5.73 Å². The zero-order chi connectivity index (χ0) is 14.2. The first-order valence-corrected chi connectivity index (χ1v) is 7.58. The first-order chi connectivity index (χ1) is 8.91. The summed E-state index contributed by atoms with van der Waals surface area (Å²) in [4.78, 5) is 0. The molecule has 0 bridgehead atoms. The third-order valence-corrected chi connectivity index (χ3v) is 5.08. The minimum Gasteiger partial charge on any atom is -0.320 e. The van der Waals surface area contributed by atoms with Gasteiger partial charge in [0.05, 0.1) is 6.04 Å². The summed E-state index contributed by atoms with van der Waals surface area (Å²) >= 11 is 2.40. The maximum atomic E-state index is 6.53. The van der Waals surface area contributed by atoms with E-state index in [9.17, 15) is 0 Å². The van der Waals surface area contributed by atoms with Crippen molar-refractivity contribution in [3.05, 3.63) is 67.3 Å². The van der Waals surface area contributed by atoms with Crippen LogP contribution in [0.4, 0.5) is 0 Å². The molecule has 2 aromatic rings. The molecule has 2 heteroatoms. The maximum absolute atomic E-state index is 6.53. The summed E-state index contributed by atoms with van der Waals surface area (Å²) in [5.74, 6) is 0. The lowest BCUT2D eigenvalue weighted by Gasteiger charge is -2.20. The van der Waals surface area contributed by atoms with Crippen LogP contribution >= 0.6 is 22.6 Å². The van der Waals surface area contributed by atoms with Crippen LogP contribution in [0.5, 0.6) is 0 Å². The van der Waals surface area contributed by atoms with Crippen LogP contribution in [0.15, 0.2) is 30.3 Å². The quantitative estimate of drug-likeness (QED) is 0.775. The molecule has 0 heterocycles. The Labute approximate surface area is 129 Å². The molecule has 0 radical (unpaired) electrons. The third kappa shape index (κ3) is 2.84. The Morgan fingerprint density at radius 1 is 0.947 bits per heavy atom. The summed E-state index contributed by atoms with van der Waals surface area (Å²) in [5.41, 5.74) is 14.2. The normalized spacial score (nSPS) is 12.5. The van der Waals surface area contributed by atoms with E-state index >= 15 is 0 Å². The lowest BCUT2D eigenvalue weighted by Crippen LogP contribution is -2.16. The second-order valence-corrected chi connectivity index (χ2v) is 6.35. The Morgan fingerprint density at radius 3 is 2.11 bits per heavy atom. The van der Waals surface area contributed by atoms with Crippen molar-refractivity contribution in [2.75, 3.05) is 0 Å². The molecule has 2 rings (SSSR count). The topological polar surface area (TPSA) is 26.0 Å². The molecule has 0 spiro atoms. The van der Waals surface area contributed by atoms with Gasteiger partial charge in [-0.05, 0) is 78.1 Å². The van der Waals surface area contributed by atoms with Crippen LogP contribution in [-0.2, 0) is 0 Å². The smallest absolute Gasteiger partial charge is 0.0567 e. The van der Waals surface area contributed by atoms with Crippen LogP contribution in [0.3, 0.4) is 0 Å². The summed E-state index contributed by atoms with van der Waals surface area (Å²) < 4.78 is 1.27. The summed E-state index contributed by atoms with van der Waals surface area (Å²) in [7, 11) is 0. The first-order valence-electron chi connectivity index (χ1n) is 6.50. The molecular weight excluding hydrogens is 345 g/mol. The molecule has 2 N–H and O–H groups in total. The van der Waals surface area contributed by atoms with E-state index in [4.69, 9.17) is 5.73 Å². The fourth-order valence-corrected chi connectivity index (χ4v) is 3.44. The highest BCUT2D eigenvalue weighted by Gasteiger charge is 2.17. The van der Waals surface area contributed by atoms with Crippen molar-refractivity contribution in [1.82, 2.24) is 0 Å². The molecule has 0 aliphatic heterocycles. The van der Waals surface area contributed by atoms with Crippen LogP contribution in [0.1, 0.15) is 39.4 Å². The van der Waals surface area contributed by atoms with Crippen molar-refractivity contribution >= 4 is 22.6 Å². The number of aryl methyl sites for hydroxylation is 4. The highest BCUT2D eigenvalue weighted by atomic mass is 127. The number of hydrogen-bond donors (Lipinski definition) is 1. The fourth-order valence-electron chi connectivity index (χ4n) is 2.75. The minimum atomic E-state index is -0.0487. The van der Waals surface area contributed by atoms with Crippen LogP contribution in [-0.4, -0.2) is 0 Å². The van der Waals surface area contributed by atoms with Gasteiger partial charge < -0.3 is 5.73 Å². The molecule has 0 aliphatic carbocycles. The standard InChI is InChI=1S/C17H20IN/c1-10-8-12(3)15(13(4)9-10)17(19)14-7-5-6-11(2)16(14)18/h5-9,17H,19H2,1-4H3. The molecular formula is C17H20IN. The van der Waals surface area contributed by atoms with Gasteiger partial charge in [-0.25, -0.2) is 0 Å². The maximum Gasteiger partial charge on any atom is 0.0567 e. The van der Waals surface area contributed by atoms with Crippen molar-refractivity contribution in [2.24, 2.45) is 5.73 Å². The molecule has 1 unspecified atom stereocenters. The van der Waals surface area contributed by atoms with Crippen molar-refractivity contribution < 1.29 is 0 Å². The number of rotatable bonds is 2. The van der Waals surface area contributed by atoms with E-state index in [2.05, 4.69) is 80.6 Å². The Kier molecular flexibility index (Phi) is 4.31. The van der Waals surface area contributed by atoms with Gasteiger partial charge in [0.25, 0.3) is 0 Å². The highest BCUT2D eigenvalue weighted by molar-refractivity contribution is 14.1. The summed E-state index contributed by atoms with van der Waals surface area (Å²) in [5, 5.41) is 0. The number of hydrogen-bond acceptors (Lipinski definition) is 1. The zero-order valence-corrected chi connectivity index (χ0v) is 14.1. The van der Waals surface area contributed by atoms with Gasteiger partial charge in [-0.1, -0.05) is 35.9 Å². The van der Waals surface area contributed by atoms with Gasteiger partial charge in [-0.2, -0.15) is 0 Å². The molecule has 0 amide bonds. The Bertz CT molecular complexity index is 594. The predicted octanol–water partition coefficient (Wildman–Crippen LogP) is 4.57. The van der Waals surface area contributed by atoms with Crippen LogP contribution in [0.2, 0.25) is 0 Å². The van der Waals surface area contributed by atoms with Crippen molar-refractivity contribution in [3.8, 4) is 0 Å². The van der Waals surface area contributed by atoms with E-state index < -0.39 is 0 Å². The second-order valence-electron chi connectivity index (χ2n) is 5.27. The average Bonchev–Trinajstić information content (AvgIpc) is 2.31. The fraction of sp³-hybridized carbons (Fsp3) is 0.294. The summed E-state index contributed by atoms with van der Waals surface area (Å²) in [6.45, 7) is 8.56. The van der Waals surface area contributed by atoms with Crippen molar-refractivity contribution in [3.63, 3.8) is 0 Å². The zero-order valence-electron chi connectivity index (χ0n) is 11.9. The predicted molar refractivity (Wildman–Crippen MR) is 90.6 cm³/mol. The highest BCUT2D eigenvalue weighted by Crippen LogP contribution is 2.30. The molecule has 100 valence electrons. The average molecular weight is 365 g/mol. The Morgan fingerprint density at radius 2 is 1.53 bits per heavy atom. The largest absolute Gasteiger partial charge is 0.320 e. The van der Waals surface area contributed by atoms with E-state index in [1.54, 1.807) is 0 Å². The van der Waals surface area contributed by atoms with E-state index in [1.807, 2.05) is 0 Å². The van der Waals surface area contributed by atoms with E-state index in [0.717, 1.165) is 0 Å². The van der Waals surface area contributed by atoms with Crippen molar-refractivity contribution in [2.45, 2.75) is 33.7 Å². The van der Waals surface area contributed by atoms with Gasteiger partial charge >= 0.3 is 0 Å². The Balaban J connectivity index is 2.56. The third-order valence-electron chi connectivity index (χ3n) is 3.61. The first kappa shape index (κ1) is 14.5. The summed E-state index contributed by atoms with van der Waals surface area (Å²) in [6.07, 6.45) is 0. The Hall–Kier alpha value is -0.870. The molecule has 0 fully saturated rings. The van der Waals surface area contributed by atoms with Crippen LogP contribution in [0.25, 0.3) is 0 Å². The summed E-state index contributed by atoms with van der Waals surface area (Å²) in [6, 6.07) is 10.7. The molecule has 0 aromatic heterocycles. The van der Waals surface area contributed by atoms with Crippen molar-refractivity contribution in [1.29, 1.82) is 0 Å². The monoisotopic (exact) mass is 365 g/mol. The minimum absolute atomic E-state index is 0.0487. The molecule has 19 heavy (non-hydrogen) atoms. The second kappa shape index (κ2) is 5.63. The van der Waals surface area contributed by atoms with Gasteiger partial charge in [0.15, 0.2) is 0 Å². The molecule has 0 saturated carbocycles. The molecule has 1 nitrogen and oxygen atoms in total. The SMILES string of the molecule is Cc1cc(C)c(C(N)c2cccc(C)c2I)c(C)c1. The van der Waals surface area contributed by atoms with Gasteiger partial charge in [-0.15, -0.1) is 0 Å². The van der Waals surface area contributed by atoms with Crippen LogP contribution in [0, 0.1) is 31.3 Å². The van der Waals surface area contributed by atoms with E-state index in [1.165, 1.54) is 37.0 Å². The number of nitrogens with two attached hydrogens (primary N) is 1. The van der Waals surface area contributed by atoms with Gasteiger partial charge in [0, 0.05) is 3.57 Å². The lowest BCUT2D eigenvalue weighted by atomic mass is 9.90. The number of halogens is 1. The molecule has 0 saturated heterocycles. The van der Waals surface area contributed by atoms with E-state index in [-0.39, 0.29) is 6.04 Å². The molecule has 2 aromatic carbocycles. The van der Waals surface area contributed by atoms with Gasteiger partial charge in [0.1, 0.15) is 0 Å². The lowest BCUT2D eigenvalue weighted by molar-refractivity contribution is 0.843.